The molecule has 0 amide bonds. The van der Waals surface area contributed by atoms with Crippen molar-refractivity contribution in [3.05, 3.63) is 34.4 Å². The van der Waals surface area contributed by atoms with Crippen LogP contribution in [-0.4, -0.2) is 0 Å². The minimum Gasteiger partial charge on any atom is -0.0813 e. The van der Waals surface area contributed by atoms with Crippen molar-refractivity contribution in [1.82, 2.24) is 0 Å². The lowest BCUT2D eigenvalue weighted by molar-refractivity contribution is 0.654. The van der Waals surface area contributed by atoms with Crippen LogP contribution in [0.3, 0.4) is 0 Å². The van der Waals surface area contributed by atoms with Crippen LogP contribution >= 0.6 is 0 Å². The number of hydrogen-bond donors (Lipinski definition) is 0. The molecule has 0 bridgehead atoms. The molecule has 0 spiro atoms. The van der Waals surface area contributed by atoms with E-state index in [1.807, 2.05) is 0 Å². The van der Waals surface area contributed by atoms with Crippen LogP contribution in [0.2, 0.25) is 0 Å². The smallest absolute Gasteiger partial charge is 0.0312 e. The second-order valence-electron chi connectivity index (χ2n) is 5.00. The second-order valence-corrected chi connectivity index (χ2v) is 5.00. The first-order valence-electron chi connectivity index (χ1n) is 6.69. The maximum absolute atomic E-state index is 2.38. The molecule has 90 valence electrons. The van der Waals surface area contributed by atoms with E-state index in [1.54, 1.807) is 5.57 Å². The Labute approximate surface area is 101 Å². The van der Waals surface area contributed by atoms with Crippen LogP contribution in [0, 0.1) is 0 Å². The molecule has 0 radical (unpaired) electrons. The normalized spacial score (nSPS) is 17.4. The second kappa shape index (κ2) is 6.73. The molecule has 0 aromatic carbocycles. The third kappa shape index (κ3) is 4.00. The van der Waals surface area contributed by atoms with Gasteiger partial charge >= 0.3 is 0 Å². The molecule has 0 atom stereocenters. The Morgan fingerprint density at radius 1 is 1.12 bits per heavy atom. The molecule has 1 aliphatic carbocycles. The Morgan fingerprint density at radius 2 is 1.81 bits per heavy atom. The summed E-state index contributed by atoms with van der Waals surface area (Å²) in [6.07, 6.45) is 12.6. The summed E-state index contributed by atoms with van der Waals surface area (Å²) in [5, 5.41) is 0. The lowest BCUT2D eigenvalue weighted by Gasteiger charge is -2.19. The van der Waals surface area contributed by atoms with Gasteiger partial charge in [0.15, 0.2) is 0 Å². The van der Waals surface area contributed by atoms with Gasteiger partial charge in [0.2, 0.25) is 0 Å². The fraction of sp³-hybridized carbons (Fsp3) is 0.625. The summed E-state index contributed by atoms with van der Waals surface area (Å²) in [5.74, 6) is 0. The summed E-state index contributed by atoms with van der Waals surface area (Å²) >= 11 is 0. The molecule has 0 unspecified atom stereocenters. The highest BCUT2D eigenvalue weighted by atomic mass is 14.2. The lowest BCUT2D eigenvalue weighted by Crippen LogP contribution is -1.99. The van der Waals surface area contributed by atoms with Gasteiger partial charge < -0.3 is 0 Å². The van der Waals surface area contributed by atoms with E-state index >= 15 is 0 Å². The van der Waals surface area contributed by atoms with Gasteiger partial charge in [-0.1, -0.05) is 48.6 Å². The maximum Gasteiger partial charge on any atom is -0.0312 e. The van der Waals surface area contributed by atoms with Crippen molar-refractivity contribution in [1.29, 1.82) is 0 Å². The van der Waals surface area contributed by atoms with Crippen molar-refractivity contribution in [3.63, 3.8) is 0 Å². The van der Waals surface area contributed by atoms with E-state index in [1.165, 1.54) is 55.2 Å². The third-order valence-electron chi connectivity index (χ3n) is 3.58. The molecule has 0 nitrogen and oxygen atoms in total. The minimum atomic E-state index is 1.23. The van der Waals surface area contributed by atoms with Gasteiger partial charge in [0.05, 0.1) is 0 Å². The summed E-state index contributed by atoms with van der Waals surface area (Å²) in [7, 11) is 0. The van der Waals surface area contributed by atoms with E-state index in [0.29, 0.717) is 0 Å². The van der Waals surface area contributed by atoms with Crippen LogP contribution in [-0.2, 0) is 0 Å². The standard InChI is InChI=1S/C16H26/c1-5-6-7-9-13(2)14(3)12-15(4)16-10-8-11-16/h9,12H,5-8,10-11H2,1-4H3/b13-9+,14-12-. The van der Waals surface area contributed by atoms with Crippen molar-refractivity contribution in [2.24, 2.45) is 0 Å². The van der Waals surface area contributed by atoms with Crippen molar-refractivity contribution in [2.75, 3.05) is 0 Å². The maximum atomic E-state index is 2.38. The molecule has 0 aliphatic heterocycles. The highest BCUT2D eigenvalue weighted by Gasteiger charge is 2.10. The van der Waals surface area contributed by atoms with Gasteiger partial charge in [0, 0.05) is 0 Å². The zero-order chi connectivity index (χ0) is 12.0. The predicted octanol–water partition coefficient (Wildman–Crippen LogP) is 5.57. The molecule has 1 aliphatic rings. The van der Waals surface area contributed by atoms with Crippen molar-refractivity contribution in [2.45, 2.75) is 66.2 Å². The fourth-order valence-corrected chi connectivity index (χ4v) is 1.97. The number of unbranched alkanes of at least 4 members (excludes halogenated alkanes) is 2. The van der Waals surface area contributed by atoms with Gasteiger partial charge in [-0.25, -0.2) is 0 Å². The van der Waals surface area contributed by atoms with E-state index in [9.17, 15) is 0 Å². The fourth-order valence-electron chi connectivity index (χ4n) is 1.97. The monoisotopic (exact) mass is 218 g/mol. The first-order valence-corrected chi connectivity index (χ1v) is 6.69. The van der Waals surface area contributed by atoms with Crippen molar-refractivity contribution >= 4 is 0 Å². The summed E-state index contributed by atoms with van der Waals surface area (Å²) in [6, 6.07) is 0. The topological polar surface area (TPSA) is 0 Å². The SMILES string of the molecule is CCCC/C=C(C)/C(C)=C\C(C)=C1CCC1. The minimum absolute atomic E-state index is 1.23. The zero-order valence-corrected chi connectivity index (χ0v) is 11.4. The quantitative estimate of drug-likeness (QED) is 0.418. The van der Waals surface area contributed by atoms with Crippen LogP contribution in [0.4, 0.5) is 0 Å². The molecular formula is C16H26. The Hall–Kier alpha value is -0.780. The van der Waals surface area contributed by atoms with E-state index in [-0.39, 0.29) is 0 Å². The summed E-state index contributed by atoms with van der Waals surface area (Å²) in [4.78, 5) is 0. The van der Waals surface area contributed by atoms with Gasteiger partial charge in [0.25, 0.3) is 0 Å². The predicted molar refractivity (Wildman–Crippen MR) is 73.6 cm³/mol. The Kier molecular flexibility index (Phi) is 5.59. The van der Waals surface area contributed by atoms with Gasteiger partial charge in [0.1, 0.15) is 0 Å². The molecule has 0 heterocycles. The highest BCUT2D eigenvalue weighted by molar-refractivity contribution is 5.37. The van der Waals surface area contributed by atoms with Crippen LogP contribution < -0.4 is 0 Å². The van der Waals surface area contributed by atoms with Crippen LogP contribution in [0.5, 0.6) is 0 Å². The van der Waals surface area contributed by atoms with E-state index in [2.05, 4.69) is 39.8 Å². The average molecular weight is 218 g/mol. The number of hydrogen-bond acceptors (Lipinski definition) is 0. The van der Waals surface area contributed by atoms with Gasteiger partial charge in [-0.15, -0.1) is 0 Å². The highest BCUT2D eigenvalue weighted by Crippen LogP contribution is 2.29. The summed E-state index contributed by atoms with van der Waals surface area (Å²) in [5.41, 5.74) is 6.06. The molecule has 1 fully saturated rings. The Balaban J connectivity index is 2.58. The molecule has 0 heteroatoms. The van der Waals surface area contributed by atoms with Gasteiger partial charge in [-0.3, -0.25) is 0 Å². The van der Waals surface area contributed by atoms with E-state index in [4.69, 9.17) is 0 Å². The molecule has 1 saturated carbocycles. The third-order valence-corrected chi connectivity index (χ3v) is 3.58. The van der Waals surface area contributed by atoms with Crippen molar-refractivity contribution < 1.29 is 0 Å². The summed E-state index contributed by atoms with van der Waals surface area (Å²) < 4.78 is 0. The lowest BCUT2D eigenvalue weighted by atomic mass is 9.87. The van der Waals surface area contributed by atoms with Crippen LogP contribution in [0.15, 0.2) is 34.4 Å². The molecular weight excluding hydrogens is 192 g/mol. The van der Waals surface area contributed by atoms with Gasteiger partial charge in [-0.2, -0.15) is 0 Å². The largest absolute Gasteiger partial charge is 0.0813 e. The first-order chi connectivity index (χ1) is 7.65. The number of rotatable bonds is 5. The molecule has 0 saturated heterocycles. The Bertz CT molecular complexity index is 307. The van der Waals surface area contributed by atoms with Crippen LogP contribution in [0.1, 0.15) is 66.2 Å². The molecule has 0 N–H and O–H groups in total. The zero-order valence-electron chi connectivity index (χ0n) is 11.4. The Morgan fingerprint density at radius 3 is 2.31 bits per heavy atom. The molecule has 0 aromatic heterocycles. The number of allylic oxidation sites excluding steroid dienone is 6. The molecule has 1 rings (SSSR count). The first kappa shape index (κ1) is 13.3. The van der Waals surface area contributed by atoms with Gasteiger partial charge in [-0.05, 0) is 52.0 Å². The van der Waals surface area contributed by atoms with E-state index < -0.39 is 0 Å². The average Bonchev–Trinajstić information content (AvgIpc) is 2.14. The van der Waals surface area contributed by atoms with Crippen molar-refractivity contribution in [3.8, 4) is 0 Å². The van der Waals surface area contributed by atoms with Crippen LogP contribution in [0.25, 0.3) is 0 Å². The molecule has 0 aromatic rings. The molecule has 16 heavy (non-hydrogen) atoms. The van der Waals surface area contributed by atoms with E-state index in [0.717, 1.165) is 0 Å². The summed E-state index contributed by atoms with van der Waals surface area (Å²) in [6.45, 7) is 8.98.